The molecule has 29 heavy (non-hydrogen) atoms. The molecule has 0 spiro atoms. The molecule has 0 aliphatic rings. The summed E-state index contributed by atoms with van der Waals surface area (Å²) in [7, 11) is 0. The lowest BCUT2D eigenvalue weighted by molar-refractivity contribution is 0.155. The quantitative estimate of drug-likeness (QED) is 0.556. The molecule has 2 heterocycles. The van der Waals surface area contributed by atoms with Crippen molar-refractivity contribution in [3.05, 3.63) is 94.3 Å². The number of fused-ring (bicyclic) bond motifs is 1. The predicted octanol–water partition coefficient (Wildman–Crippen LogP) is 4.16. The average Bonchev–Trinajstić information content (AvgIpc) is 3.16. The van der Waals surface area contributed by atoms with Crippen LogP contribution < -0.4 is 5.56 Å². The Labute approximate surface area is 167 Å². The third-order valence-electron chi connectivity index (χ3n) is 5.10. The van der Waals surface area contributed by atoms with Gasteiger partial charge in [-0.2, -0.15) is 5.10 Å². The van der Waals surface area contributed by atoms with E-state index in [0.717, 1.165) is 11.1 Å². The van der Waals surface area contributed by atoms with Crippen molar-refractivity contribution in [2.45, 2.75) is 32.4 Å². The highest BCUT2D eigenvalue weighted by Gasteiger charge is 2.13. The largest absolute Gasteiger partial charge is 0.387 e. The van der Waals surface area contributed by atoms with Gasteiger partial charge in [-0.25, -0.2) is 8.91 Å². The van der Waals surface area contributed by atoms with Gasteiger partial charge in [0.2, 0.25) is 0 Å². The fraction of sp³-hybridized carbons (Fsp3) is 0.217. The molecule has 0 aliphatic heterocycles. The highest BCUT2D eigenvalue weighted by molar-refractivity contribution is 5.65. The zero-order valence-corrected chi connectivity index (χ0v) is 16.3. The van der Waals surface area contributed by atoms with Crippen LogP contribution in [0.25, 0.3) is 16.8 Å². The van der Waals surface area contributed by atoms with E-state index in [4.69, 9.17) is 0 Å². The number of rotatable bonds is 5. The second-order valence-electron chi connectivity index (χ2n) is 7.46. The van der Waals surface area contributed by atoms with E-state index in [9.17, 15) is 14.3 Å². The van der Waals surface area contributed by atoms with E-state index in [1.54, 1.807) is 30.6 Å². The summed E-state index contributed by atoms with van der Waals surface area (Å²) in [6.45, 7) is 4.38. The number of aliphatic hydroxyl groups excluding tert-OH is 1. The van der Waals surface area contributed by atoms with Crippen LogP contribution in [0.2, 0.25) is 0 Å². The topological polar surface area (TPSA) is 59.5 Å². The SMILES string of the molecule is CC(C)c1ccc(C(O)Cn2ccn3nc(-c4ccc(F)cc4)cc3c2=O)cc1. The Balaban J connectivity index is 1.61. The highest BCUT2D eigenvalue weighted by Crippen LogP contribution is 2.21. The lowest BCUT2D eigenvalue weighted by atomic mass is 10.00. The van der Waals surface area contributed by atoms with Gasteiger partial charge in [0.15, 0.2) is 0 Å². The van der Waals surface area contributed by atoms with Gasteiger partial charge < -0.3 is 9.67 Å². The predicted molar refractivity (Wildman–Crippen MR) is 110 cm³/mol. The molecule has 1 unspecified atom stereocenters. The smallest absolute Gasteiger partial charge is 0.276 e. The first-order valence-electron chi connectivity index (χ1n) is 9.55. The van der Waals surface area contributed by atoms with E-state index < -0.39 is 6.10 Å². The van der Waals surface area contributed by atoms with Gasteiger partial charge in [0, 0.05) is 18.0 Å². The Hall–Kier alpha value is -3.25. The second-order valence-corrected chi connectivity index (χ2v) is 7.46. The van der Waals surface area contributed by atoms with Crippen LogP contribution in [0.3, 0.4) is 0 Å². The second kappa shape index (κ2) is 7.64. The van der Waals surface area contributed by atoms with Gasteiger partial charge in [-0.05, 0) is 47.4 Å². The lowest BCUT2D eigenvalue weighted by Gasteiger charge is -2.14. The molecule has 0 amide bonds. The minimum absolute atomic E-state index is 0.146. The highest BCUT2D eigenvalue weighted by atomic mass is 19.1. The molecule has 0 fully saturated rings. The summed E-state index contributed by atoms with van der Waals surface area (Å²) in [6, 6.07) is 15.4. The first kappa shape index (κ1) is 19.1. The molecule has 0 aliphatic carbocycles. The molecule has 5 nitrogen and oxygen atoms in total. The minimum atomic E-state index is -0.796. The maximum Gasteiger partial charge on any atom is 0.276 e. The van der Waals surface area contributed by atoms with E-state index in [2.05, 4.69) is 18.9 Å². The molecule has 2 aromatic carbocycles. The van der Waals surface area contributed by atoms with Crippen LogP contribution in [0.4, 0.5) is 4.39 Å². The minimum Gasteiger partial charge on any atom is -0.387 e. The summed E-state index contributed by atoms with van der Waals surface area (Å²) in [4.78, 5) is 12.9. The van der Waals surface area contributed by atoms with Crippen LogP contribution in [-0.2, 0) is 6.54 Å². The molecule has 1 N–H and O–H groups in total. The number of halogens is 1. The molecule has 1 atom stereocenters. The molecular formula is C23H22FN3O2. The van der Waals surface area contributed by atoms with Crippen LogP contribution >= 0.6 is 0 Å². The molecule has 148 valence electrons. The van der Waals surface area contributed by atoms with Crippen LogP contribution in [-0.4, -0.2) is 19.3 Å². The normalized spacial score (nSPS) is 12.6. The van der Waals surface area contributed by atoms with E-state index in [-0.39, 0.29) is 17.9 Å². The average molecular weight is 391 g/mol. The Morgan fingerprint density at radius 3 is 2.31 bits per heavy atom. The van der Waals surface area contributed by atoms with Gasteiger partial charge in [0.05, 0.1) is 18.3 Å². The van der Waals surface area contributed by atoms with Crippen molar-refractivity contribution in [3.8, 4) is 11.3 Å². The van der Waals surface area contributed by atoms with Gasteiger partial charge in [-0.3, -0.25) is 4.79 Å². The molecule has 0 radical (unpaired) electrons. The molecule has 0 bridgehead atoms. The molecule has 4 aromatic rings. The number of aliphatic hydroxyl groups is 1. The van der Waals surface area contributed by atoms with Crippen LogP contribution in [0.5, 0.6) is 0 Å². The summed E-state index contributed by atoms with van der Waals surface area (Å²) in [5, 5.41) is 15.0. The molecule has 0 saturated heterocycles. The van der Waals surface area contributed by atoms with Gasteiger partial charge in [0.1, 0.15) is 11.3 Å². The standard InChI is InChI=1S/C23H22FN3O2/c1-15(2)16-3-5-18(6-4-16)22(28)14-26-11-12-27-21(23(26)29)13-20(25-27)17-7-9-19(24)10-8-17/h3-13,15,22,28H,14H2,1-2H3. The first-order chi connectivity index (χ1) is 13.9. The Kier molecular flexibility index (Phi) is 5.03. The summed E-state index contributed by atoms with van der Waals surface area (Å²) >= 11 is 0. The van der Waals surface area contributed by atoms with Crippen LogP contribution in [0.15, 0.2) is 71.8 Å². The van der Waals surface area contributed by atoms with Crippen molar-refractivity contribution in [1.82, 2.24) is 14.2 Å². The molecule has 6 heteroatoms. The number of hydrogen-bond acceptors (Lipinski definition) is 3. The van der Waals surface area contributed by atoms with Crippen molar-refractivity contribution in [3.63, 3.8) is 0 Å². The summed E-state index contributed by atoms with van der Waals surface area (Å²) in [5.74, 6) is 0.0960. The Morgan fingerprint density at radius 1 is 1.00 bits per heavy atom. The third-order valence-corrected chi connectivity index (χ3v) is 5.10. The number of hydrogen-bond donors (Lipinski definition) is 1. The zero-order chi connectivity index (χ0) is 20.5. The summed E-state index contributed by atoms with van der Waals surface area (Å²) in [5.41, 5.74) is 3.44. The molecule has 4 rings (SSSR count). The van der Waals surface area contributed by atoms with E-state index in [1.165, 1.54) is 26.8 Å². The number of aromatic nitrogens is 3. The van der Waals surface area contributed by atoms with Crippen molar-refractivity contribution >= 4 is 5.52 Å². The van der Waals surface area contributed by atoms with Crippen molar-refractivity contribution in [1.29, 1.82) is 0 Å². The van der Waals surface area contributed by atoms with Crippen LogP contribution in [0.1, 0.15) is 37.0 Å². The maximum atomic E-state index is 13.1. The Morgan fingerprint density at radius 2 is 1.66 bits per heavy atom. The van der Waals surface area contributed by atoms with E-state index in [1.807, 2.05) is 24.3 Å². The van der Waals surface area contributed by atoms with Crippen molar-refractivity contribution in [2.24, 2.45) is 0 Å². The monoisotopic (exact) mass is 391 g/mol. The molecular weight excluding hydrogens is 369 g/mol. The summed E-state index contributed by atoms with van der Waals surface area (Å²) in [6.07, 6.45) is 2.50. The van der Waals surface area contributed by atoms with Gasteiger partial charge in [-0.15, -0.1) is 0 Å². The molecule has 0 saturated carbocycles. The first-order valence-corrected chi connectivity index (χ1v) is 9.55. The number of nitrogens with zero attached hydrogens (tertiary/aromatic N) is 3. The third kappa shape index (κ3) is 3.84. The summed E-state index contributed by atoms with van der Waals surface area (Å²) < 4.78 is 16.1. The number of benzene rings is 2. The maximum absolute atomic E-state index is 13.1. The van der Waals surface area contributed by atoms with Crippen molar-refractivity contribution < 1.29 is 9.50 Å². The molecule has 2 aromatic heterocycles. The van der Waals surface area contributed by atoms with Gasteiger partial charge >= 0.3 is 0 Å². The van der Waals surface area contributed by atoms with Crippen LogP contribution in [0, 0.1) is 5.82 Å². The Bertz CT molecular complexity index is 1190. The van der Waals surface area contributed by atoms with Gasteiger partial charge in [0.25, 0.3) is 5.56 Å². The van der Waals surface area contributed by atoms with Gasteiger partial charge in [-0.1, -0.05) is 38.1 Å². The zero-order valence-electron chi connectivity index (χ0n) is 16.3. The lowest BCUT2D eigenvalue weighted by Crippen LogP contribution is -2.24. The fourth-order valence-corrected chi connectivity index (χ4v) is 3.33. The van der Waals surface area contributed by atoms with E-state index in [0.29, 0.717) is 17.1 Å². The van der Waals surface area contributed by atoms with Crippen molar-refractivity contribution in [2.75, 3.05) is 0 Å². The van der Waals surface area contributed by atoms with E-state index >= 15 is 0 Å². The fourth-order valence-electron chi connectivity index (χ4n) is 3.33.